The molecule has 3 rings (SSSR count). The standard InChI is InChI=1S/C12H14N2/c1-8-5-6-14-10-4-3-9(2)12(10)13-11(14)7-8/h5-7,9H,3-4H2,1-2H3. The predicted molar refractivity (Wildman–Crippen MR) is 56.7 cm³/mol. The van der Waals surface area contributed by atoms with Crippen LogP contribution in [0.2, 0.25) is 0 Å². The maximum absolute atomic E-state index is 4.70. The van der Waals surface area contributed by atoms with Gasteiger partial charge >= 0.3 is 0 Å². The average Bonchev–Trinajstić information content (AvgIpc) is 2.66. The summed E-state index contributed by atoms with van der Waals surface area (Å²) in [6.07, 6.45) is 4.59. The van der Waals surface area contributed by atoms with Gasteiger partial charge in [-0.2, -0.15) is 0 Å². The molecule has 0 radical (unpaired) electrons. The van der Waals surface area contributed by atoms with Gasteiger partial charge in [-0.25, -0.2) is 4.98 Å². The van der Waals surface area contributed by atoms with Gasteiger partial charge in [-0.3, -0.25) is 0 Å². The summed E-state index contributed by atoms with van der Waals surface area (Å²) >= 11 is 0. The van der Waals surface area contributed by atoms with E-state index in [1.54, 1.807) is 0 Å². The second kappa shape index (κ2) is 2.59. The third-order valence-corrected chi connectivity index (χ3v) is 3.19. The average molecular weight is 186 g/mol. The third-order valence-electron chi connectivity index (χ3n) is 3.19. The lowest BCUT2D eigenvalue weighted by atomic mass is 10.1. The van der Waals surface area contributed by atoms with Gasteiger partial charge < -0.3 is 4.40 Å². The molecule has 0 saturated heterocycles. The van der Waals surface area contributed by atoms with E-state index in [2.05, 4.69) is 36.6 Å². The van der Waals surface area contributed by atoms with E-state index in [0.717, 1.165) is 5.65 Å². The van der Waals surface area contributed by atoms with Crippen molar-refractivity contribution in [3.63, 3.8) is 0 Å². The van der Waals surface area contributed by atoms with Crippen molar-refractivity contribution in [2.24, 2.45) is 0 Å². The zero-order valence-corrected chi connectivity index (χ0v) is 8.62. The lowest BCUT2D eigenvalue weighted by Gasteiger charge is -1.98. The largest absolute Gasteiger partial charge is 0.304 e. The van der Waals surface area contributed by atoms with Crippen LogP contribution in [-0.4, -0.2) is 9.38 Å². The van der Waals surface area contributed by atoms with Crippen LogP contribution in [0.1, 0.15) is 36.2 Å². The summed E-state index contributed by atoms with van der Waals surface area (Å²) in [5, 5.41) is 0. The molecule has 1 unspecified atom stereocenters. The minimum absolute atomic E-state index is 0.644. The molecule has 0 bridgehead atoms. The van der Waals surface area contributed by atoms with Crippen molar-refractivity contribution in [3.8, 4) is 0 Å². The maximum atomic E-state index is 4.70. The molecule has 2 heterocycles. The quantitative estimate of drug-likeness (QED) is 0.618. The molecule has 72 valence electrons. The Balaban J connectivity index is 2.34. The fourth-order valence-corrected chi connectivity index (χ4v) is 2.35. The molecule has 0 amide bonds. The molecule has 2 nitrogen and oxygen atoms in total. The normalized spacial score (nSPS) is 20.3. The number of imidazole rings is 1. The van der Waals surface area contributed by atoms with Gasteiger partial charge in [-0.15, -0.1) is 0 Å². The molecule has 0 N–H and O–H groups in total. The first-order valence-electron chi connectivity index (χ1n) is 5.23. The number of rotatable bonds is 0. The van der Waals surface area contributed by atoms with Crippen LogP contribution >= 0.6 is 0 Å². The van der Waals surface area contributed by atoms with E-state index in [-0.39, 0.29) is 0 Å². The van der Waals surface area contributed by atoms with Gasteiger partial charge in [0.2, 0.25) is 0 Å². The summed E-state index contributed by atoms with van der Waals surface area (Å²) in [6.45, 7) is 4.38. The maximum Gasteiger partial charge on any atom is 0.137 e. The van der Waals surface area contributed by atoms with Gasteiger partial charge in [-0.05, 0) is 37.5 Å². The van der Waals surface area contributed by atoms with Crippen molar-refractivity contribution < 1.29 is 0 Å². The molecule has 2 aromatic rings. The molecule has 2 aromatic heterocycles. The van der Waals surface area contributed by atoms with Crippen molar-refractivity contribution >= 4 is 5.65 Å². The van der Waals surface area contributed by atoms with Gasteiger partial charge in [0.05, 0.1) is 5.69 Å². The Labute approximate surface area is 83.6 Å². The van der Waals surface area contributed by atoms with E-state index >= 15 is 0 Å². The molecule has 1 atom stereocenters. The molecule has 1 aliphatic carbocycles. The number of fused-ring (bicyclic) bond motifs is 3. The first-order chi connectivity index (χ1) is 6.75. The number of aromatic nitrogens is 2. The monoisotopic (exact) mass is 186 g/mol. The minimum atomic E-state index is 0.644. The lowest BCUT2D eigenvalue weighted by molar-refractivity contribution is 0.726. The highest BCUT2D eigenvalue weighted by atomic mass is 15.0. The van der Waals surface area contributed by atoms with Crippen LogP contribution in [0.3, 0.4) is 0 Å². The first kappa shape index (κ1) is 8.04. The zero-order valence-electron chi connectivity index (χ0n) is 8.62. The molecule has 0 saturated carbocycles. The summed E-state index contributed by atoms with van der Waals surface area (Å²) in [5.74, 6) is 0.644. The van der Waals surface area contributed by atoms with Gasteiger partial charge in [0.15, 0.2) is 0 Å². The summed E-state index contributed by atoms with van der Waals surface area (Å²) in [7, 11) is 0. The highest BCUT2D eigenvalue weighted by molar-refractivity contribution is 5.47. The van der Waals surface area contributed by atoms with E-state index in [9.17, 15) is 0 Å². The molecule has 0 aromatic carbocycles. The van der Waals surface area contributed by atoms with Gasteiger partial charge in [0, 0.05) is 17.8 Å². The van der Waals surface area contributed by atoms with Crippen molar-refractivity contribution in [2.45, 2.75) is 32.6 Å². The SMILES string of the molecule is Cc1ccn2c3c(nc2c1)C(C)CC3. The second-order valence-electron chi connectivity index (χ2n) is 4.32. The highest BCUT2D eigenvalue weighted by Gasteiger charge is 2.23. The Hall–Kier alpha value is -1.31. The zero-order chi connectivity index (χ0) is 9.71. The highest BCUT2D eigenvalue weighted by Crippen LogP contribution is 2.32. The summed E-state index contributed by atoms with van der Waals surface area (Å²) in [6, 6.07) is 4.31. The van der Waals surface area contributed by atoms with Crippen LogP contribution in [-0.2, 0) is 6.42 Å². The number of hydrogen-bond acceptors (Lipinski definition) is 1. The van der Waals surface area contributed by atoms with E-state index in [1.165, 1.54) is 29.8 Å². The van der Waals surface area contributed by atoms with Crippen LogP contribution in [0, 0.1) is 6.92 Å². The molecule has 1 aliphatic rings. The molecule has 0 fully saturated rings. The van der Waals surface area contributed by atoms with Crippen LogP contribution in [0.5, 0.6) is 0 Å². The lowest BCUT2D eigenvalue weighted by Crippen LogP contribution is -1.90. The topological polar surface area (TPSA) is 17.3 Å². The Morgan fingerprint density at radius 2 is 2.36 bits per heavy atom. The molecular formula is C12H14N2. The molecule has 0 aliphatic heterocycles. The number of hydrogen-bond donors (Lipinski definition) is 0. The predicted octanol–water partition coefficient (Wildman–Crippen LogP) is 2.69. The fourth-order valence-electron chi connectivity index (χ4n) is 2.35. The molecule has 2 heteroatoms. The second-order valence-corrected chi connectivity index (χ2v) is 4.32. The smallest absolute Gasteiger partial charge is 0.137 e. The summed E-state index contributed by atoms with van der Waals surface area (Å²) in [4.78, 5) is 4.70. The summed E-state index contributed by atoms with van der Waals surface area (Å²) in [5.41, 5.74) is 5.14. The summed E-state index contributed by atoms with van der Waals surface area (Å²) < 4.78 is 2.24. The van der Waals surface area contributed by atoms with Gasteiger partial charge in [-0.1, -0.05) is 6.92 Å². The van der Waals surface area contributed by atoms with E-state index in [4.69, 9.17) is 4.98 Å². The van der Waals surface area contributed by atoms with Crippen LogP contribution in [0.4, 0.5) is 0 Å². The van der Waals surface area contributed by atoms with Gasteiger partial charge in [0.25, 0.3) is 0 Å². The van der Waals surface area contributed by atoms with Crippen molar-refractivity contribution in [3.05, 3.63) is 35.3 Å². The first-order valence-corrected chi connectivity index (χ1v) is 5.23. The molecule has 0 spiro atoms. The van der Waals surface area contributed by atoms with Gasteiger partial charge in [0.1, 0.15) is 5.65 Å². The number of pyridine rings is 1. The Morgan fingerprint density at radius 3 is 3.21 bits per heavy atom. The van der Waals surface area contributed by atoms with Crippen LogP contribution in [0.15, 0.2) is 18.3 Å². The van der Waals surface area contributed by atoms with E-state index < -0.39 is 0 Å². The minimum Gasteiger partial charge on any atom is -0.304 e. The van der Waals surface area contributed by atoms with E-state index in [1.807, 2.05) is 0 Å². The number of aryl methyl sites for hydroxylation is 2. The fraction of sp³-hybridized carbons (Fsp3) is 0.417. The van der Waals surface area contributed by atoms with Crippen molar-refractivity contribution in [1.29, 1.82) is 0 Å². The Morgan fingerprint density at radius 1 is 1.50 bits per heavy atom. The van der Waals surface area contributed by atoms with Crippen molar-refractivity contribution in [2.75, 3.05) is 0 Å². The van der Waals surface area contributed by atoms with Crippen LogP contribution < -0.4 is 0 Å². The Kier molecular flexibility index (Phi) is 1.49. The van der Waals surface area contributed by atoms with Crippen LogP contribution in [0.25, 0.3) is 5.65 Å². The Bertz CT molecular complexity index is 496. The third kappa shape index (κ3) is 0.939. The molecular weight excluding hydrogens is 172 g/mol. The number of nitrogens with zero attached hydrogens (tertiary/aromatic N) is 2. The van der Waals surface area contributed by atoms with E-state index in [0.29, 0.717) is 5.92 Å². The molecule has 14 heavy (non-hydrogen) atoms. The van der Waals surface area contributed by atoms with Crippen molar-refractivity contribution in [1.82, 2.24) is 9.38 Å².